The summed E-state index contributed by atoms with van der Waals surface area (Å²) in [7, 11) is 1.83. The topological polar surface area (TPSA) is 77.4 Å². The fraction of sp³-hybridized carbons (Fsp3) is 0.786. The van der Waals surface area contributed by atoms with E-state index in [4.69, 9.17) is 0 Å². The average Bonchev–Trinajstić information content (AvgIpc) is 3.37. The lowest BCUT2D eigenvalue weighted by molar-refractivity contribution is 0.300. The number of nitrogens with one attached hydrogen (secondary N) is 1. The van der Waals surface area contributed by atoms with Gasteiger partial charge in [0.15, 0.2) is 0 Å². The molecule has 0 aromatic carbocycles. The van der Waals surface area contributed by atoms with E-state index in [0.29, 0.717) is 24.5 Å². The maximum absolute atomic E-state index is 9.28. The zero-order valence-electron chi connectivity index (χ0n) is 12.6. The largest absolute Gasteiger partial charge is 0.395 e. The van der Waals surface area contributed by atoms with Crippen molar-refractivity contribution in [3.63, 3.8) is 0 Å². The molecule has 1 aliphatic heterocycles. The Labute approximate surface area is 125 Å². The van der Waals surface area contributed by atoms with E-state index < -0.39 is 0 Å². The molecule has 116 valence electrons. The Hall–Kier alpha value is -1.63. The molecule has 0 radical (unpaired) electrons. The molecule has 0 spiro atoms. The van der Waals surface area contributed by atoms with Crippen molar-refractivity contribution in [2.24, 2.45) is 0 Å². The fourth-order valence-corrected chi connectivity index (χ4v) is 2.77. The van der Waals surface area contributed by atoms with Crippen LogP contribution in [0.25, 0.3) is 0 Å². The van der Waals surface area contributed by atoms with Crippen molar-refractivity contribution in [2.75, 3.05) is 48.4 Å². The van der Waals surface area contributed by atoms with Crippen LogP contribution in [0.4, 0.5) is 17.8 Å². The molecule has 0 atom stereocenters. The third-order valence-corrected chi connectivity index (χ3v) is 4.06. The van der Waals surface area contributed by atoms with Crippen LogP contribution >= 0.6 is 0 Å². The van der Waals surface area contributed by atoms with E-state index in [9.17, 15) is 5.11 Å². The Bertz CT molecular complexity index is 473. The summed E-state index contributed by atoms with van der Waals surface area (Å²) in [4.78, 5) is 18.0. The molecule has 2 N–H and O–H groups in total. The highest BCUT2D eigenvalue weighted by molar-refractivity contribution is 5.46. The van der Waals surface area contributed by atoms with Gasteiger partial charge in [-0.05, 0) is 32.1 Å². The van der Waals surface area contributed by atoms with Gasteiger partial charge in [0, 0.05) is 32.7 Å². The van der Waals surface area contributed by atoms with E-state index in [1.54, 1.807) is 0 Å². The van der Waals surface area contributed by atoms with E-state index in [-0.39, 0.29) is 6.61 Å². The number of rotatable bonds is 6. The minimum absolute atomic E-state index is 0.121. The highest BCUT2D eigenvalue weighted by atomic mass is 16.3. The van der Waals surface area contributed by atoms with E-state index in [1.165, 1.54) is 19.3 Å². The third kappa shape index (κ3) is 3.34. The summed E-state index contributed by atoms with van der Waals surface area (Å²) in [5, 5.41) is 12.3. The van der Waals surface area contributed by atoms with E-state index in [0.717, 1.165) is 31.9 Å². The second-order valence-corrected chi connectivity index (χ2v) is 5.70. The summed E-state index contributed by atoms with van der Waals surface area (Å²) in [6.07, 6.45) is 5.98. The molecule has 2 aliphatic rings. The van der Waals surface area contributed by atoms with Crippen molar-refractivity contribution in [1.82, 2.24) is 15.0 Å². The van der Waals surface area contributed by atoms with Crippen LogP contribution in [0.3, 0.4) is 0 Å². The standard InChI is InChI=1S/C14H24N6O/c1-15-12-16-13(19-7-3-2-4-8-19)18-14(17-12)20(9-10-21)11-5-6-11/h11,21H,2-10H2,1H3,(H,15,16,17,18). The average molecular weight is 292 g/mol. The highest BCUT2D eigenvalue weighted by Gasteiger charge is 2.31. The van der Waals surface area contributed by atoms with Crippen molar-refractivity contribution in [3.8, 4) is 0 Å². The Kier molecular flexibility index (Phi) is 4.38. The molecule has 0 unspecified atom stereocenters. The fourth-order valence-electron chi connectivity index (χ4n) is 2.77. The molecule has 2 fully saturated rings. The molecule has 1 saturated carbocycles. The third-order valence-electron chi connectivity index (χ3n) is 4.06. The summed E-state index contributed by atoms with van der Waals surface area (Å²) in [6, 6.07) is 0.471. The minimum atomic E-state index is 0.121. The summed E-state index contributed by atoms with van der Waals surface area (Å²) >= 11 is 0. The first kappa shape index (κ1) is 14.3. The van der Waals surface area contributed by atoms with Gasteiger partial charge in [-0.3, -0.25) is 0 Å². The molecular formula is C14H24N6O. The van der Waals surface area contributed by atoms with Crippen molar-refractivity contribution in [2.45, 2.75) is 38.1 Å². The van der Waals surface area contributed by atoms with Crippen molar-refractivity contribution >= 4 is 17.8 Å². The van der Waals surface area contributed by atoms with Gasteiger partial charge in [0.1, 0.15) is 0 Å². The molecule has 0 bridgehead atoms. The molecule has 7 heteroatoms. The van der Waals surface area contributed by atoms with Crippen molar-refractivity contribution in [3.05, 3.63) is 0 Å². The Morgan fingerprint density at radius 3 is 2.57 bits per heavy atom. The molecule has 3 rings (SSSR count). The van der Waals surface area contributed by atoms with Crippen molar-refractivity contribution in [1.29, 1.82) is 0 Å². The number of aliphatic hydroxyl groups is 1. The molecule has 1 aromatic rings. The molecule has 1 saturated heterocycles. The summed E-state index contributed by atoms with van der Waals surface area (Å²) in [5.74, 6) is 2.04. The van der Waals surface area contributed by atoms with Crippen LogP contribution in [0.15, 0.2) is 0 Å². The van der Waals surface area contributed by atoms with Gasteiger partial charge in [-0.15, -0.1) is 0 Å². The van der Waals surface area contributed by atoms with Crippen LogP contribution in [-0.2, 0) is 0 Å². The van der Waals surface area contributed by atoms with Crippen LogP contribution in [0.1, 0.15) is 32.1 Å². The highest BCUT2D eigenvalue weighted by Crippen LogP contribution is 2.30. The zero-order chi connectivity index (χ0) is 14.7. The number of hydrogen-bond acceptors (Lipinski definition) is 7. The molecule has 1 aromatic heterocycles. The van der Waals surface area contributed by atoms with Crippen LogP contribution in [0.5, 0.6) is 0 Å². The molecular weight excluding hydrogens is 268 g/mol. The molecule has 21 heavy (non-hydrogen) atoms. The lowest BCUT2D eigenvalue weighted by Crippen LogP contribution is -2.34. The normalized spacial score (nSPS) is 18.7. The molecule has 7 nitrogen and oxygen atoms in total. The lowest BCUT2D eigenvalue weighted by Gasteiger charge is -2.28. The smallest absolute Gasteiger partial charge is 0.232 e. The number of hydrogen-bond donors (Lipinski definition) is 2. The van der Waals surface area contributed by atoms with Gasteiger partial charge in [0.2, 0.25) is 17.8 Å². The Morgan fingerprint density at radius 2 is 1.95 bits per heavy atom. The monoisotopic (exact) mass is 292 g/mol. The first-order valence-corrected chi connectivity index (χ1v) is 7.88. The summed E-state index contributed by atoms with van der Waals surface area (Å²) < 4.78 is 0. The first-order chi connectivity index (χ1) is 10.3. The van der Waals surface area contributed by atoms with Crippen LogP contribution in [0, 0.1) is 0 Å². The number of anilines is 3. The van der Waals surface area contributed by atoms with Gasteiger partial charge in [-0.2, -0.15) is 15.0 Å². The van der Waals surface area contributed by atoms with Crippen LogP contribution in [-0.4, -0.2) is 59.4 Å². The Balaban J connectivity index is 1.87. The minimum Gasteiger partial charge on any atom is -0.395 e. The zero-order valence-corrected chi connectivity index (χ0v) is 12.6. The maximum atomic E-state index is 9.28. The van der Waals surface area contributed by atoms with E-state index in [2.05, 4.69) is 30.1 Å². The molecule has 0 amide bonds. The lowest BCUT2D eigenvalue weighted by atomic mass is 10.1. The maximum Gasteiger partial charge on any atom is 0.232 e. The Morgan fingerprint density at radius 1 is 1.19 bits per heavy atom. The quantitative estimate of drug-likeness (QED) is 0.805. The summed E-state index contributed by atoms with van der Waals surface area (Å²) in [5.41, 5.74) is 0. The molecule has 1 aliphatic carbocycles. The number of piperidine rings is 1. The number of nitrogens with zero attached hydrogens (tertiary/aromatic N) is 5. The predicted molar refractivity (Wildman–Crippen MR) is 82.9 cm³/mol. The molecule has 2 heterocycles. The number of aliphatic hydroxyl groups excluding tert-OH is 1. The second-order valence-electron chi connectivity index (χ2n) is 5.70. The van der Waals surface area contributed by atoms with Gasteiger partial charge in [-0.1, -0.05) is 0 Å². The van der Waals surface area contributed by atoms with Gasteiger partial charge < -0.3 is 20.2 Å². The van der Waals surface area contributed by atoms with Gasteiger partial charge >= 0.3 is 0 Å². The first-order valence-electron chi connectivity index (χ1n) is 7.88. The van der Waals surface area contributed by atoms with Crippen LogP contribution in [0.2, 0.25) is 0 Å². The number of aromatic nitrogens is 3. The van der Waals surface area contributed by atoms with Gasteiger partial charge in [-0.25, -0.2) is 0 Å². The van der Waals surface area contributed by atoms with Gasteiger partial charge in [0.05, 0.1) is 6.61 Å². The summed E-state index contributed by atoms with van der Waals surface area (Å²) in [6.45, 7) is 2.72. The second kappa shape index (κ2) is 6.43. The van der Waals surface area contributed by atoms with Crippen LogP contribution < -0.4 is 15.1 Å². The van der Waals surface area contributed by atoms with E-state index >= 15 is 0 Å². The predicted octanol–water partition coefficient (Wildman–Crippen LogP) is 0.865. The van der Waals surface area contributed by atoms with Gasteiger partial charge in [0.25, 0.3) is 0 Å². The SMILES string of the molecule is CNc1nc(N2CCCCC2)nc(N(CCO)C2CC2)n1. The van der Waals surface area contributed by atoms with Crippen molar-refractivity contribution < 1.29 is 5.11 Å². The van der Waals surface area contributed by atoms with E-state index in [1.807, 2.05) is 7.05 Å².